The van der Waals surface area contributed by atoms with Crippen molar-refractivity contribution in [3.05, 3.63) is 0 Å². The molecule has 5 nitrogen and oxygen atoms in total. The van der Waals surface area contributed by atoms with Crippen LogP contribution in [0.25, 0.3) is 0 Å². The van der Waals surface area contributed by atoms with Crippen LogP contribution in [0.1, 0.15) is 47.5 Å². The number of hydrogen-bond donors (Lipinski definition) is 0. The molecule has 0 aromatic carbocycles. The van der Waals surface area contributed by atoms with Gasteiger partial charge in [-0.15, -0.1) is 0 Å². The second kappa shape index (κ2) is 6.62. The van der Waals surface area contributed by atoms with E-state index >= 15 is 0 Å². The van der Waals surface area contributed by atoms with Gasteiger partial charge in [0, 0.05) is 43.8 Å². The summed E-state index contributed by atoms with van der Waals surface area (Å²) in [6.07, 6.45) is 3.79. The molecule has 2 fully saturated rings. The van der Waals surface area contributed by atoms with Crippen molar-refractivity contribution < 1.29 is 8.42 Å². The molecule has 1 atom stereocenters. The fourth-order valence-electron chi connectivity index (χ4n) is 4.07. The Hall–Kier alpha value is -0.170. The SMILES string of the molecule is CC(C)(C)N1CCC(CC(C)(C)N2CCN(S(C)(=O)=O)CC2)C1. The second-order valence-electron chi connectivity index (χ2n) is 8.94. The van der Waals surface area contributed by atoms with E-state index in [1.54, 1.807) is 4.31 Å². The van der Waals surface area contributed by atoms with Crippen LogP contribution < -0.4 is 0 Å². The first-order valence-corrected chi connectivity index (χ1v) is 10.7. The minimum absolute atomic E-state index is 0.141. The van der Waals surface area contributed by atoms with Gasteiger partial charge < -0.3 is 0 Å². The van der Waals surface area contributed by atoms with Crippen molar-refractivity contribution in [3.63, 3.8) is 0 Å². The average Bonchev–Trinajstić information content (AvgIpc) is 2.85. The largest absolute Gasteiger partial charge is 0.298 e. The van der Waals surface area contributed by atoms with E-state index in [1.165, 1.54) is 32.2 Å². The van der Waals surface area contributed by atoms with E-state index < -0.39 is 10.0 Å². The van der Waals surface area contributed by atoms with Gasteiger partial charge in [-0.25, -0.2) is 8.42 Å². The van der Waals surface area contributed by atoms with Crippen LogP contribution in [0.5, 0.6) is 0 Å². The molecule has 136 valence electrons. The molecule has 0 aromatic heterocycles. The highest BCUT2D eigenvalue weighted by molar-refractivity contribution is 7.88. The third-order valence-electron chi connectivity index (χ3n) is 5.59. The van der Waals surface area contributed by atoms with Crippen LogP contribution in [0.15, 0.2) is 0 Å². The summed E-state index contributed by atoms with van der Waals surface area (Å²) in [5.41, 5.74) is 0.405. The number of nitrogens with zero attached hydrogens (tertiary/aromatic N) is 3. The molecule has 0 N–H and O–H groups in total. The number of piperazine rings is 1. The first kappa shape index (κ1) is 19.2. The van der Waals surface area contributed by atoms with Gasteiger partial charge in [-0.05, 0) is 59.9 Å². The fraction of sp³-hybridized carbons (Fsp3) is 1.00. The lowest BCUT2D eigenvalue weighted by Gasteiger charge is -2.44. The molecule has 0 bridgehead atoms. The molecule has 23 heavy (non-hydrogen) atoms. The van der Waals surface area contributed by atoms with Crippen LogP contribution in [0.2, 0.25) is 0 Å². The topological polar surface area (TPSA) is 43.9 Å². The van der Waals surface area contributed by atoms with E-state index in [2.05, 4.69) is 44.4 Å². The van der Waals surface area contributed by atoms with Crippen molar-refractivity contribution in [2.45, 2.75) is 58.5 Å². The molecule has 0 saturated carbocycles. The van der Waals surface area contributed by atoms with Crippen molar-refractivity contribution in [1.82, 2.24) is 14.1 Å². The summed E-state index contributed by atoms with van der Waals surface area (Å²) in [5.74, 6) is 0.747. The van der Waals surface area contributed by atoms with E-state index in [4.69, 9.17) is 0 Å². The number of hydrogen-bond acceptors (Lipinski definition) is 4. The molecule has 0 amide bonds. The van der Waals surface area contributed by atoms with Crippen molar-refractivity contribution >= 4 is 10.0 Å². The van der Waals surface area contributed by atoms with Gasteiger partial charge in [0.2, 0.25) is 10.0 Å². The van der Waals surface area contributed by atoms with Crippen LogP contribution in [-0.4, -0.2) is 79.1 Å². The van der Waals surface area contributed by atoms with Crippen LogP contribution in [0, 0.1) is 5.92 Å². The summed E-state index contributed by atoms with van der Waals surface area (Å²) in [6, 6.07) is 0. The number of sulfonamides is 1. The van der Waals surface area contributed by atoms with E-state index in [-0.39, 0.29) is 11.1 Å². The molecule has 2 aliphatic rings. The minimum atomic E-state index is -3.04. The Morgan fingerprint density at radius 1 is 0.913 bits per heavy atom. The maximum Gasteiger partial charge on any atom is 0.211 e. The standard InChI is InChI=1S/C17H35N3O2S/c1-16(2,3)19-8-7-15(14-19)13-17(4,5)18-9-11-20(12-10-18)23(6,21)22/h15H,7-14H2,1-6H3. The quantitative estimate of drug-likeness (QED) is 0.780. The van der Waals surface area contributed by atoms with Gasteiger partial charge in [-0.2, -0.15) is 4.31 Å². The summed E-state index contributed by atoms with van der Waals surface area (Å²) < 4.78 is 24.9. The van der Waals surface area contributed by atoms with Crippen LogP contribution >= 0.6 is 0 Å². The smallest absolute Gasteiger partial charge is 0.211 e. The number of rotatable bonds is 4. The first-order chi connectivity index (χ1) is 10.4. The van der Waals surface area contributed by atoms with Gasteiger partial charge >= 0.3 is 0 Å². The van der Waals surface area contributed by atoms with E-state index in [9.17, 15) is 8.42 Å². The highest BCUT2D eigenvalue weighted by Gasteiger charge is 2.37. The van der Waals surface area contributed by atoms with Gasteiger partial charge in [-0.1, -0.05) is 0 Å². The van der Waals surface area contributed by atoms with Gasteiger partial charge in [0.15, 0.2) is 0 Å². The fourth-order valence-corrected chi connectivity index (χ4v) is 4.90. The molecule has 2 saturated heterocycles. The van der Waals surface area contributed by atoms with Crippen LogP contribution in [0.4, 0.5) is 0 Å². The van der Waals surface area contributed by atoms with E-state index in [0.717, 1.165) is 19.0 Å². The minimum Gasteiger partial charge on any atom is -0.298 e. The van der Waals surface area contributed by atoms with Crippen molar-refractivity contribution in [1.29, 1.82) is 0 Å². The molecule has 0 radical (unpaired) electrons. The maximum absolute atomic E-state index is 11.7. The van der Waals surface area contributed by atoms with Crippen LogP contribution in [0.3, 0.4) is 0 Å². The molecule has 6 heteroatoms. The second-order valence-corrected chi connectivity index (χ2v) is 10.9. The van der Waals surface area contributed by atoms with Crippen molar-refractivity contribution in [2.24, 2.45) is 5.92 Å². The molecular weight excluding hydrogens is 310 g/mol. The molecule has 0 spiro atoms. The molecule has 2 aliphatic heterocycles. The Morgan fingerprint density at radius 2 is 1.48 bits per heavy atom. The van der Waals surface area contributed by atoms with Crippen molar-refractivity contribution in [2.75, 3.05) is 45.5 Å². The zero-order valence-electron chi connectivity index (χ0n) is 15.8. The van der Waals surface area contributed by atoms with E-state index in [1.807, 2.05) is 0 Å². The Kier molecular flexibility index (Phi) is 5.51. The molecule has 2 rings (SSSR count). The maximum atomic E-state index is 11.7. The summed E-state index contributed by atoms with van der Waals surface area (Å²) in [4.78, 5) is 5.07. The van der Waals surface area contributed by atoms with Crippen molar-refractivity contribution in [3.8, 4) is 0 Å². The van der Waals surface area contributed by atoms with Gasteiger partial charge in [0.1, 0.15) is 0 Å². The lowest BCUT2D eigenvalue weighted by molar-refractivity contribution is 0.0589. The summed E-state index contributed by atoms with van der Waals surface area (Å²) in [7, 11) is -3.04. The lowest BCUT2D eigenvalue weighted by Crippen LogP contribution is -2.56. The Balaban J connectivity index is 1.88. The van der Waals surface area contributed by atoms with E-state index in [0.29, 0.717) is 13.1 Å². The lowest BCUT2D eigenvalue weighted by atomic mass is 9.88. The monoisotopic (exact) mass is 345 g/mol. The molecule has 2 heterocycles. The van der Waals surface area contributed by atoms with Gasteiger partial charge in [0.25, 0.3) is 0 Å². The number of likely N-dealkylation sites (tertiary alicyclic amines) is 1. The molecule has 0 aliphatic carbocycles. The Bertz CT molecular complexity index is 502. The predicted molar refractivity (Wildman–Crippen MR) is 96.1 cm³/mol. The van der Waals surface area contributed by atoms with Crippen LogP contribution in [-0.2, 0) is 10.0 Å². The Labute approximate surface area is 143 Å². The first-order valence-electron chi connectivity index (χ1n) is 8.85. The predicted octanol–water partition coefficient (Wildman–Crippen LogP) is 1.85. The highest BCUT2D eigenvalue weighted by atomic mass is 32.2. The Morgan fingerprint density at radius 3 is 1.91 bits per heavy atom. The summed E-state index contributed by atoms with van der Waals surface area (Å²) in [6.45, 7) is 16.9. The van der Waals surface area contributed by atoms with Gasteiger partial charge in [0.05, 0.1) is 6.26 Å². The molecule has 0 aromatic rings. The highest BCUT2D eigenvalue weighted by Crippen LogP contribution is 2.32. The molecule has 1 unspecified atom stereocenters. The summed E-state index contributed by atoms with van der Waals surface area (Å²) in [5, 5.41) is 0. The summed E-state index contributed by atoms with van der Waals surface area (Å²) >= 11 is 0. The van der Waals surface area contributed by atoms with Gasteiger partial charge in [-0.3, -0.25) is 9.80 Å². The third kappa shape index (κ3) is 4.91. The molecular formula is C17H35N3O2S. The zero-order valence-corrected chi connectivity index (χ0v) is 16.6. The zero-order chi connectivity index (χ0) is 17.5. The normalized spacial score (nSPS) is 26.8. The third-order valence-corrected chi connectivity index (χ3v) is 6.89. The average molecular weight is 346 g/mol.